The van der Waals surface area contributed by atoms with E-state index in [9.17, 15) is 9.90 Å². The first-order valence-corrected chi connectivity index (χ1v) is 6.81. The van der Waals surface area contributed by atoms with Crippen LogP contribution in [0.25, 0.3) is 10.8 Å². The lowest BCUT2D eigenvalue weighted by Gasteiger charge is -2.21. The smallest absolute Gasteiger partial charge is 0.338 e. The summed E-state index contributed by atoms with van der Waals surface area (Å²) in [5.74, 6) is -0.0842. The molecule has 0 aliphatic heterocycles. The summed E-state index contributed by atoms with van der Waals surface area (Å²) in [6, 6.07) is 10.4. The van der Waals surface area contributed by atoms with Crippen LogP contribution in [0, 0.1) is 5.41 Å². The molecule has 0 aliphatic rings. The molecule has 0 heterocycles. The fourth-order valence-electron chi connectivity index (χ4n) is 1.81. The van der Waals surface area contributed by atoms with Crippen molar-refractivity contribution in [3.05, 3.63) is 42.0 Å². The van der Waals surface area contributed by atoms with Gasteiger partial charge in [-0.05, 0) is 46.9 Å². The number of carbonyl (C=O) groups excluding carboxylic acids is 1. The maximum Gasteiger partial charge on any atom is 0.338 e. The van der Waals surface area contributed by atoms with E-state index in [1.165, 1.54) is 0 Å². The van der Waals surface area contributed by atoms with E-state index in [0.29, 0.717) is 12.2 Å². The van der Waals surface area contributed by atoms with Crippen LogP contribution in [0.2, 0.25) is 0 Å². The normalized spacial score (nSPS) is 11.6. The number of hydrogen-bond donors (Lipinski definition) is 1. The summed E-state index contributed by atoms with van der Waals surface area (Å²) in [5.41, 5.74) is 0.535. The van der Waals surface area contributed by atoms with Crippen molar-refractivity contribution in [2.45, 2.75) is 27.2 Å². The molecule has 3 heteroatoms. The largest absolute Gasteiger partial charge is 0.508 e. The van der Waals surface area contributed by atoms with Crippen molar-refractivity contribution in [3.8, 4) is 5.75 Å². The van der Waals surface area contributed by atoms with E-state index in [4.69, 9.17) is 4.74 Å². The van der Waals surface area contributed by atoms with Crippen molar-refractivity contribution in [1.82, 2.24) is 0 Å². The van der Waals surface area contributed by atoms with Gasteiger partial charge in [-0.3, -0.25) is 0 Å². The fraction of sp³-hybridized carbons (Fsp3) is 0.353. The average molecular weight is 272 g/mol. The van der Waals surface area contributed by atoms with Crippen LogP contribution in [-0.2, 0) is 4.74 Å². The van der Waals surface area contributed by atoms with Crippen LogP contribution in [0.5, 0.6) is 5.75 Å². The Labute approximate surface area is 119 Å². The van der Waals surface area contributed by atoms with E-state index >= 15 is 0 Å². The van der Waals surface area contributed by atoms with Gasteiger partial charge in [-0.1, -0.05) is 32.9 Å². The van der Waals surface area contributed by atoms with Crippen molar-refractivity contribution in [1.29, 1.82) is 0 Å². The second-order valence-corrected chi connectivity index (χ2v) is 5.84. The molecule has 2 rings (SSSR count). The highest BCUT2D eigenvalue weighted by Crippen LogP contribution is 2.23. The molecule has 0 saturated carbocycles. The minimum absolute atomic E-state index is 0.00169. The van der Waals surface area contributed by atoms with Crippen molar-refractivity contribution in [2.75, 3.05) is 6.61 Å². The minimum atomic E-state index is -0.304. The number of hydrogen-bond acceptors (Lipinski definition) is 3. The molecule has 0 aromatic heterocycles. The van der Waals surface area contributed by atoms with Crippen molar-refractivity contribution < 1.29 is 14.6 Å². The van der Waals surface area contributed by atoms with Crippen LogP contribution >= 0.6 is 0 Å². The van der Waals surface area contributed by atoms with Crippen LogP contribution in [0.4, 0.5) is 0 Å². The van der Waals surface area contributed by atoms with Gasteiger partial charge in [-0.2, -0.15) is 0 Å². The highest BCUT2D eigenvalue weighted by Gasteiger charge is 2.18. The molecule has 0 unspecified atom stereocenters. The zero-order valence-electron chi connectivity index (χ0n) is 12.1. The van der Waals surface area contributed by atoms with E-state index < -0.39 is 0 Å². The average Bonchev–Trinajstić information content (AvgIpc) is 2.44. The zero-order valence-corrected chi connectivity index (χ0v) is 12.1. The third-order valence-corrected chi connectivity index (χ3v) is 3.61. The number of ether oxygens (including phenoxy) is 1. The van der Waals surface area contributed by atoms with Crippen LogP contribution in [0.3, 0.4) is 0 Å². The standard InChI is InChI=1S/C17H20O3/c1-4-17(2,3)11-20-16(19)14-6-5-13-10-15(18)8-7-12(13)9-14/h5-10,18H,4,11H2,1-3H3. The second kappa shape index (κ2) is 5.53. The molecule has 0 spiro atoms. The quantitative estimate of drug-likeness (QED) is 0.851. The molecule has 0 saturated heterocycles. The van der Waals surface area contributed by atoms with Crippen molar-refractivity contribution in [3.63, 3.8) is 0 Å². The van der Waals surface area contributed by atoms with Gasteiger partial charge < -0.3 is 9.84 Å². The van der Waals surface area contributed by atoms with Crippen LogP contribution in [0.1, 0.15) is 37.6 Å². The molecule has 0 amide bonds. The Hall–Kier alpha value is -2.03. The number of benzene rings is 2. The molecular formula is C17H20O3. The molecule has 3 nitrogen and oxygen atoms in total. The van der Waals surface area contributed by atoms with Gasteiger partial charge in [0.15, 0.2) is 0 Å². The summed E-state index contributed by atoms with van der Waals surface area (Å²) < 4.78 is 5.37. The van der Waals surface area contributed by atoms with Crippen molar-refractivity contribution >= 4 is 16.7 Å². The Morgan fingerprint density at radius 1 is 1.15 bits per heavy atom. The minimum Gasteiger partial charge on any atom is -0.508 e. The van der Waals surface area contributed by atoms with Gasteiger partial charge in [-0.25, -0.2) is 4.79 Å². The molecular weight excluding hydrogens is 252 g/mol. The van der Waals surface area contributed by atoms with E-state index in [-0.39, 0.29) is 17.1 Å². The number of carbonyl (C=O) groups is 1. The van der Waals surface area contributed by atoms with E-state index in [0.717, 1.165) is 17.2 Å². The van der Waals surface area contributed by atoms with Crippen LogP contribution < -0.4 is 0 Å². The number of aromatic hydroxyl groups is 1. The molecule has 0 fully saturated rings. The molecule has 0 bridgehead atoms. The maximum atomic E-state index is 12.0. The number of esters is 1. The highest BCUT2D eigenvalue weighted by molar-refractivity contribution is 5.95. The molecule has 2 aromatic rings. The molecule has 0 radical (unpaired) electrons. The van der Waals surface area contributed by atoms with E-state index in [1.807, 2.05) is 6.07 Å². The summed E-state index contributed by atoms with van der Waals surface area (Å²) in [4.78, 5) is 12.0. The first kappa shape index (κ1) is 14.4. The predicted octanol–water partition coefficient (Wildman–Crippen LogP) is 4.14. The monoisotopic (exact) mass is 272 g/mol. The predicted molar refractivity (Wildman–Crippen MR) is 80.0 cm³/mol. The Balaban J connectivity index is 2.16. The Morgan fingerprint density at radius 3 is 2.50 bits per heavy atom. The number of phenolic OH excluding ortho intramolecular Hbond substituents is 1. The summed E-state index contributed by atoms with van der Waals surface area (Å²) in [6.45, 7) is 6.64. The third-order valence-electron chi connectivity index (χ3n) is 3.61. The van der Waals surface area contributed by atoms with Crippen LogP contribution in [-0.4, -0.2) is 17.7 Å². The van der Waals surface area contributed by atoms with Gasteiger partial charge in [0, 0.05) is 0 Å². The first-order valence-electron chi connectivity index (χ1n) is 6.81. The molecule has 20 heavy (non-hydrogen) atoms. The SMILES string of the molecule is CCC(C)(C)COC(=O)c1ccc2cc(O)ccc2c1. The van der Waals surface area contributed by atoms with Gasteiger partial charge in [-0.15, -0.1) is 0 Å². The fourth-order valence-corrected chi connectivity index (χ4v) is 1.81. The van der Waals surface area contributed by atoms with Crippen molar-refractivity contribution in [2.24, 2.45) is 5.41 Å². The molecule has 106 valence electrons. The first-order chi connectivity index (χ1) is 9.41. The van der Waals surface area contributed by atoms with Gasteiger partial charge in [0.25, 0.3) is 0 Å². The lowest BCUT2D eigenvalue weighted by Crippen LogP contribution is -2.21. The number of rotatable bonds is 4. The van der Waals surface area contributed by atoms with E-state index in [2.05, 4.69) is 20.8 Å². The lowest BCUT2D eigenvalue weighted by molar-refractivity contribution is 0.0336. The second-order valence-electron chi connectivity index (χ2n) is 5.84. The maximum absolute atomic E-state index is 12.0. The molecule has 0 aliphatic carbocycles. The van der Waals surface area contributed by atoms with Gasteiger partial charge in [0.1, 0.15) is 5.75 Å². The summed E-state index contributed by atoms with van der Waals surface area (Å²) in [5, 5.41) is 11.2. The summed E-state index contributed by atoms with van der Waals surface area (Å²) in [6.07, 6.45) is 0.956. The highest BCUT2D eigenvalue weighted by atomic mass is 16.5. The van der Waals surface area contributed by atoms with Gasteiger partial charge in [0.2, 0.25) is 0 Å². The number of fused-ring (bicyclic) bond motifs is 1. The Kier molecular flexibility index (Phi) is 3.98. The number of phenols is 1. The zero-order chi connectivity index (χ0) is 14.8. The Morgan fingerprint density at radius 2 is 1.80 bits per heavy atom. The molecule has 1 N–H and O–H groups in total. The third kappa shape index (κ3) is 3.29. The van der Waals surface area contributed by atoms with Gasteiger partial charge in [0.05, 0.1) is 12.2 Å². The van der Waals surface area contributed by atoms with Gasteiger partial charge >= 0.3 is 5.97 Å². The Bertz CT molecular complexity index is 629. The topological polar surface area (TPSA) is 46.5 Å². The lowest BCUT2D eigenvalue weighted by atomic mass is 9.92. The summed E-state index contributed by atoms with van der Waals surface area (Å²) in [7, 11) is 0. The van der Waals surface area contributed by atoms with Crippen LogP contribution in [0.15, 0.2) is 36.4 Å². The summed E-state index contributed by atoms with van der Waals surface area (Å²) >= 11 is 0. The molecule has 0 atom stereocenters. The van der Waals surface area contributed by atoms with E-state index in [1.54, 1.807) is 30.3 Å². The molecule has 2 aromatic carbocycles.